The first kappa shape index (κ1) is 17.5. The first-order chi connectivity index (χ1) is 11.5. The predicted molar refractivity (Wildman–Crippen MR) is 86.4 cm³/mol. The molecular weight excluding hydrogens is 313 g/mol. The molecule has 0 aliphatic heterocycles. The maximum absolute atomic E-state index is 12.9. The summed E-state index contributed by atoms with van der Waals surface area (Å²) in [6.45, 7) is 0. The van der Waals surface area contributed by atoms with Crippen LogP contribution in [-0.2, 0) is 16.0 Å². The van der Waals surface area contributed by atoms with Crippen molar-refractivity contribution in [3.8, 4) is 5.75 Å². The fourth-order valence-electron chi connectivity index (χ4n) is 2.18. The van der Waals surface area contributed by atoms with Crippen LogP contribution in [0.5, 0.6) is 5.75 Å². The van der Waals surface area contributed by atoms with Crippen molar-refractivity contribution in [2.45, 2.75) is 12.5 Å². The largest absolute Gasteiger partial charge is 0.497 e. The second kappa shape index (κ2) is 8.10. The highest BCUT2D eigenvalue weighted by Gasteiger charge is 2.22. The highest BCUT2D eigenvalue weighted by molar-refractivity contribution is 5.96. The molecule has 0 radical (unpaired) electrons. The second-order valence-corrected chi connectivity index (χ2v) is 5.11. The Morgan fingerprint density at radius 3 is 2.21 bits per heavy atom. The SMILES string of the molecule is COC(=O)[C@H](Cc1ccc(OC)cc1)NC(=O)c1ccc(F)cc1. The molecule has 24 heavy (non-hydrogen) atoms. The average molecular weight is 331 g/mol. The van der Waals surface area contributed by atoms with Crippen molar-refractivity contribution < 1.29 is 23.5 Å². The highest BCUT2D eigenvalue weighted by Crippen LogP contribution is 2.13. The van der Waals surface area contributed by atoms with E-state index in [1.165, 1.54) is 31.4 Å². The Morgan fingerprint density at radius 2 is 1.67 bits per heavy atom. The first-order valence-electron chi connectivity index (χ1n) is 7.30. The van der Waals surface area contributed by atoms with E-state index in [0.29, 0.717) is 5.75 Å². The van der Waals surface area contributed by atoms with Gasteiger partial charge in [-0.05, 0) is 42.0 Å². The van der Waals surface area contributed by atoms with Gasteiger partial charge in [-0.2, -0.15) is 0 Å². The van der Waals surface area contributed by atoms with E-state index in [1.807, 2.05) is 0 Å². The smallest absolute Gasteiger partial charge is 0.328 e. The summed E-state index contributed by atoms with van der Waals surface area (Å²) in [7, 11) is 2.82. The minimum atomic E-state index is -0.846. The number of nitrogens with one attached hydrogen (secondary N) is 1. The van der Waals surface area contributed by atoms with Crippen LogP contribution >= 0.6 is 0 Å². The van der Waals surface area contributed by atoms with E-state index in [4.69, 9.17) is 9.47 Å². The van der Waals surface area contributed by atoms with Crippen molar-refractivity contribution in [2.75, 3.05) is 14.2 Å². The maximum atomic E-state index is 12.9. The van der Waals surface area contributed by atoms with Crippen LogP contribution in [0.4, 0.5) is 4.39 Å². The van der Waals surface area contributed by atoms with Gasteiger partial charge in [0, 0.05) is 12.0 Å². The van der Waals surface area contributed by atoms with E-state index in [1.54, 1.807) is 31.4 Å². The predicted octanol–water partition coefficient (Wildman–Crippen LogP) is 2.35. The topological polar surface area (TPSA) is 64.6 Å². The molecule has 0 aliphatic carbocycles. The second-order valence-electron chi connectivity index (χ2n) is 5.11. The number of esters is 1. The number of amides is 1. The molecule has 0 spiro atoms. The Morgan fingerprint density at radius 1 is 1.04 bits per heavy atom. The summed E-state index contributed by atoms with van der Waals surface area (Å²) in [4.78, 5) is 24.2. The Balaban J connectivity index is 2.11. The van der Waals surface area contributed by atoms with Gasteiger partial charge in [-0.25, -0.2) is 9.18 Å². The molecule has 0 aliphatic rings. The standard InChI is InChI=1S/C18H18FNO4/c1-23-15-9-3-12(4-10-15)11-16(18(22)24-2)20-17(21)13-5-7-14(19)8-6-13/h3-10,16H,11H2,1-2H3,(H,20,21)/t16-/m0/s1. The fourth-order valence-corrected chi connectivity index (χ4v) is 2.18. The van der Waals surface area contributed by atoms with Crippen LogP contribution in [0.25, 0.3) is 0 Å². The monoisotopic (exact) mass is 331 g/mol. The van der Waals surface area contributed by atoms with Gasteiger partial charge >= 0.3 is 5.97 Å². The molecule has 2 rings (SSSR count). The van der Waals surface area contributed by atoms with Gasteiger partial charge in [-0.1, -0.05) is 12.1 Å². The summed E-state index contributed by atoms with van der Waals surface area (Å²) < 4.78 is 22.8. The minimum absolute atomic E-state index is 0.264. The molecule has 0 saturated heterocycles. The van der Waals surface area contributed by atoms with Crippen molar-refractivity contribution >= 4 is 11.9 Å². The number of carbonyl (C=O) groups is 2. The molecule has 126 valence electrons. The quantitative estimate of drug-likeness (QED) is 0.825. The van der Waals surface area contributed by atoms with E-state index >= 15 is 0 Å². The molecule has 2 aromatic rings. The molecule has 0 saturated carbocycles. The minimum Gasteiger partial charge on any atom is -0.497 e. The molecule has 1 N–H and O–H groups in total. The third-order valence-corrected chi connectivity index (χ3v) is 3.50. The van der Waals surface area contributed by atoms with Crippen molar-refractivity contribution in [1.82, 2.24) is 5.32 Å². The maximum Gasteiger partial charge on any atom is 0.328 e. The number of hydrogen-bond donors (Lipinski definition) is 1. The van der Waals surface area contributed by atoms with Gasteiger partial charge in [0.2, 0.25) is 0 Å². The zero-order chi connectivity index (χ0) is 17.5. The molecule has 0 fully saturated rings. The van der Waals surface area contributed by atoms with E-state index in [0.717, 1.165) is 5.56 Å². The van der Waals surface area contributed by atoms with Gasteiger partial charge < -0.3 is 14.8 Å². The fraction of sp³-hybridized carbons (Fsp3) is 0.222. The van der Waals surface area contributed by atoms with Crippen LogP contribution in [0.1, 0.15) is 15.9 Å². The summed E-state index contributed by atoms with van der Waals surface area (Å²) in [5, 5.41) is 2.61. The molecule has 0 unspecified atom stereocenters. The van der Waals surface area contributed by atoms with E-state index < -0.39 is 23.7 Å². The molecule has 0 aromatic heterocycles. The van der Waals surface area contributed by atoms with Gasteiger partial charge in [0.15, 0.2) is 0 Å². The van der Waals surface area contributed by atoms with Crippen molar-refractivity contribution in [2.24, 2.45) is 0 Å². The summed E-state index contributed by atoms with van der Waals surface area (Å²) in [5.74, 6) is -0.766. The van der Waals surface area contributed by atoms with Gasteiger partial charge in [0.05, 0.1) is 14.2 Å². The molecule has 6 heteroatoms. The molecule has 0 bridgehead atoms. The van der Waals surface area contributed by atoms with Crippen molar-refractivity contribution in [3.63, 3.8) is 0 Å². The molecule has 1 amide bonds. The normalized spacial score (nSPS) is 11.5. The van der Waals surface area contributed by atoms with Gasteiger partial charge in [-0.3, -0.25) is 4.79 Å². The zero-order valence-corrected chi connectivity index (χ0v) is 13.4. The highest BCUT2D eigenvalue weighted by atomic mass is 19.1. The number of ether oxygens (including phenoxy) is 2. The third-order valence-electron chi connectivity index (χ3n) is 3.50. The average Bonchev–Trinajstić information content (AvgIpc) is 2.61. The van der Waals surface area contributed by atoms with E-state index in [-0.39, 0.29) is 12.0 Å². The molecule has 1 atom stereocenters. The number of halogens is 1. The van der Waals surface area contributed by atoms with Crippen molar-refractivity contribution in [3.05, 3.63) is 65.5 Å². The zero-order valence-electron chi connectivity index (χ0n) is 13.4. The summed E-state index contributed by atoms with van der Waals surface area (Å²) >= 11 is 0. The Hall–Kier alpha value is -2.89. The lowest BCUT2D eigenvalue weighted by Gasteiger charge is -2.17. The first-order valence-corrected chi connectivity index (χ1v) is 7.30. The lowest BCUT2D eigenvalue weighted by atomic mass is 10.1. The van der Waals surface area contributed by atoms with Crippen LogP contribution < -0.4 is 10.1 Å². The van der Waals surface area contributed by atoms with Crippen LogP contribution in [0.15, 0.2) is 48.5 Å². The molecule has 0 heterocycles. The molecule has 2 aromatic carbocycles. The number of carbonyl (C=O) groups excluding carboxylic acids is 2. The third kappa shape index (κ3) is 4.55. The van der Waals surface area contributed by atoms with Crippen LogP contribution in [0.3, 0.4) is 0 Å². The van der Waals surface area contributed by atoms with Gasteiger partial charge in [0.1, 0.15) is 17.6 Å². The van der Waals surface area contributed by atoms with Gasteiger partial charge in [-0.15, -0.1) is 0 Å². The van der Waals surface area contributed by atoms with E-state index in [2.05, 4.69) is 5.32 Å². The van der Waals surface area contributed by atoms with E-state index in [9.17, 15) is 14.0 Å². The molecule has 5 nitrogen and oxygen atoms in total. The lowest BCUT2D eigenvalue weighted by molar-refractivity contribution is -0.142. The van der Waals surface area contributed by atoms with Crippen LogP contribution in [-0.4, -0.2) is 32.1 Å². The van der Waals surface area contributed by atoms with Crippen molar-refractivity contribution in [1.29, 1.82) is 0 Å². The lowest BCUT2D eigenvalue weighted by Crippen LogP contribution is -2.43. The summed E-state index contributed by atoms with van der Waals surface area (Å²) in [6.07, 6.45) is 0.267. The summed E-state index contributed by atoms with van der Waals surface area (Å²) in [5.41, 5.74) is 1.10. The van der Waals surface area contributed by atoms with Crippen LogP contribution in [0.2, 0.25) is 0 Å². The number of hydrogen-bond acceptors (Lipinski definition) is 4. The summed E-state index contributed by atoms with van der Waals surface area (Å²) in [6, 6.07) is 11.4. The number of benzene rings is 2. The van der Waals surface area contributed by atoms with Crippen LogP contribution in [0, 0.1) is 5.82 Å². The molecular formula is C18H18FNO4. The Bertz CT molecular complexity index is 698. The number of rotatable bonds is 6. The Kier molecular flexibility index (Phi) is 5.89. The number of methoxy groups -OCH3 is 2. The van der Waals surface area contributed by atoms with Gasteiger partial charge in [0.25, 0.3) is 5.91 Å². The Labute approximate surface area is 139 Å².